The molecule has 0 bridgehead atoms. The Bertz CT molecular complexity index is 284. The summed E-state index contributed by atoms with van der Waals surface area (Å²) in [6.07, 6.45) is 3.71. The first-order chi connectivity index (χ1) is 5.74. The van der Waals surface area contributed by atoms with Gasteiger partial charge in [0.1, 0.15) is 5.84 Å². The van der Waals surface area contributed by atoms with E-state index in [1.54, 1.807) is 6.21 Å². The molecule has 0 atom stereocenters. The van der Waals surface area contributed by atoms with Crippen molar-refractivity contribution in [3.63, 3.8) is 0 Å². The Labute approximate surface area is 71.7 Å². The number of amidine groups is 1. The van der Waals surface area contributed by atoms with Crippen LogP contribution in [0.25, 0.3) is 0 Å². The van der Waals surface area contributed by atoms with E-state index in [1.165, 1.54) is 0 Å². The molecule has 0 aliphatic carbocycles. The number of nitrogens with zero attached hydrogens (tertiary/aromatic N) is 2. The molecule has 1 aliphatic heterocycles. The summed E-state index contributed by atoms with van der Waals surface area (Å²) in [4.78, 5) is 8.08. The number of rotatable bonds is 3. The maximum atomic E-state index is 6.91. The van der Waals surface area contributed by atoms with Crippen LogP contribution in [-0.2, 0) is 0 Å². The number of nitrogens with one attached hydrogen (secondary N) is 1. The van der Waals surface area contributed by atoms with Gasteiger partial charge in [-0.3, -0.25) is 4.99 Å². The van der Waals surface area contributed by atoms with Crippen LogP contribution in [-0.4, -0.2) is 24.8 Å². The monoisotopic (exact) mass is 161 g/mol. The first-order valence-corrected chi connectivity index (χ1v) is 3.70. The normalized spacial score (nSPS) is 15.2. The van der Waals surface area contributed by atoms with Crippen LogP contribution in [0.15, 0.2) is 34.3 Å². The minimum atomic E-state index is 0.582. The van der Waals surface area contributed by atoms with Crippen molar-refractivity contribution in [2.24, 2.45) is 9.98 Å². The van der Waals surface area contributed by atoms with Crippen molar-refractivity contribution < 1.29 is 0 Å². The molecular formula is C9H11N3. The maximum Gasteiger partial charge on any atom is 0.125 e. The lowest BCUT2D eigenvalue weighted by atomic mass is 10.2. The number of allylic oxidation sites excluding steroid dienone is 2. The molecule has 0 radical (unpaired) electrons. The van der Waals surface area contributed by atoms with Crippen molar-refractivity contribution in [2.75, 3.05) is 6.54 Å². The third-order valence-corrected chi connectivity index (χ3v) is 1.59. The van der Waals surface area contributed by atoms with E-state index in [9.17, 15) is 0 Å². The van der Waals surface area contributed by atoms with Gasteiger partial charge in [0, 0.05) is 25.4 Å². The largest absolute Gasteiger partial charge is 0.308 e. The van der Waals surface area contributed by atoms with Crippen LogP contribution in [0.3, 0.4) is 0 Å². The van der Waals surface area contributed by atoms with Crippen LogP contribution < -0.4 is 0 Å². The van der Waals surface area contributed by atoms with E-state index in [4.69, 9.17) is 5.41 Å². The second-order valence-electron chi connectivity index (χ2n) is 2.50. The van der Waals surface area contributed by atoms with Gasteiger partial charge in [0.25, 0.3) is 0 Å². The molecule has 3 heteroatoms. The van der Waals surface area contributed by atoms with Gasteiger partial charge in [-0.05, 0) is 11.1 Å². The summed E-state index contributed by atoms with van der Waals surface area (Å²) in [7, 11) is 0. The molecule has 0 aromatic heterocycles. The Morgan fingerprint density at radius 3 is 2.58 bits per heavy atom. The molecule has 3 nitrogen and oxygen atoms in total. The molecular weight excluding hydrogens is 150 g/mol. The first-order valence-electron chi connectivity index (χ1n) is 3.70. The Morgan fingerprint density at radius 2 is 2.17 bits per heavy atom. The molecule has 12 heavy (non-hydrogen) atoms. The first kappa shape index (κ1) is 8.59. The number of aliphatic imine (C=N–C) groups is 2. The van der Waals surface area contributed by atoms with Crippen molar-refractivity contribution in [1.82, 2.24) is 0 Å². The SMILES string of the molecule is C=C(C=N)C(=C)C=NC1=NCC1. The molecule has 1 rings (SSSR count). The lowest BCUT2D eigenvalue weighted by molar-refractivity contribution is 0.932. The van der Waals surface area contributed by atoms with Crippen LogP contribution >= 0.6 is 0 Å². The number of hydrogen-bond donors (Lipinski definition) is 1. The molecule has 0 unspecified atom stereocenters. The fourth-order valence-electron chi connectivity index (χ4n) is 0.645. The van der Waals surface area contributed by atoms with Crippen molar-refractivity contribution in [1.29, 1.82) is 5.41 Å². The summed E-state index contributed by atoms with van der Waals surface area (Å²) in [6, 6.07) is 0. The van der Waals surface area contributed by atoms with E-state index in [0.717, 1.165) is 25.0 Å². The molecule has 0 aromatic carbocycles. The second kappa shape index (κ2) is 3.76. The summed E-state index contributed by atoms with van der Waals surface area (Å²) in [5.41, 5.74) is 1.25. The zero-order valence-electron chi connectivity index (χ0n) is 6.88. The van der Waals surface area contributed by atoms with Crippen LogP contribution in [0.1, 0.15) is 6.42 Å². The predicted octanol–water partition coefficient (Wildman–Crippen LogP) is 1.62. The lowest BCUT2D eigenvalue weighted by Gasteiger charge is -2.06. The van der Waals surface area contributed by atoms with Gasteiger partial charge in [-0.1, -0.05) is 13.2 Å². The number of hydrogen-bond acceptors (Lipinski definition) is 3. The quantitative estimate of drug-likeness (QED) is 0.483. The van der Waals surface area contributed by atoms with E-state index in [1.807, 2.05) is 0 Å². The van der Waals surface area contributed by atoms with E-state index in [2.05, 4.69) is 23.1 Å². The van der Waals surface area contributed by atoms with Crippen molar-refractivity contribution in [2.45, 2.75) is 6.42 Å². The molecule has 1 heterocycles. The van der Waals surface area contributed by atoms with E-state index >= 15 is 0 Å². The standard InChI is InChI=1S/C9H11N3/c1-7(5-10)8(2)6-12-9-3-4-11-9/h5-6,10H,1-4H2. The van der Waals surface area contributed by atoms with Gasteiger partial charge in [0.2, 0.25) is 0 Å². The second-order valence-corrected chi connectivity index (χ2v) is 2.50. The molecule has 0 aromatic rings. The van der Waals surface area contributed by atoms with Crippen molar-refractivity contribution >= 4 is 18.3 Å². The predicted molar refractivity (Wildman–Crippen MR) is 52.5 cm³/mol. The highest BCUT2D eigenvalue weighted by Crippen LogP contribution is 2.03. The summed E-state index contributed by atoms with van der Waals surface area (Å²) in [5, 5.41) is 6.91. The van der Waals surface area contributed by atoms with Crippen LogP contribution in [0.2, 0.25) is 0 Å². The Kier molecular flexibility index (Phi) is 2.69. The summed E-state index contributed by atoms with van der Waals surface area (Å²) >= 11 is 0. The van der Waals surface area contributed by atoms with Crippen molar-refractivity contribution in [3.05, 3.63) is 24.3 Å². The third-order valence-electron chi connectivity index (χ3n) is 1.59. The van der Waals surface area contributed by atoms with Crippen LogP contribution in [0.5, 0.6) is 0 Å². The van der Waals surface area contributed by atoms with E-state index in [-0.39, 0.29) is 0 Å². The minimum Gasteiger partial charge on any atom is -0.308 e. The zero-order valence-corrected chi connectivity index (χ0v) is 6.88. The van der Waals surface area contributed by atoms with Crippen molar-refractivity contribution in [3.8, 4) is 0 Å². The summed E-state index contributed by atoms with van der Waals surface area (Å²) < 4.78 is 0. The van der Waals surface area contributed by atoms with Crippen LogP contribution in [0.4, 0.5) is 0 Å². The highest BCUT2D eigenvalue weighted by atomic mass is 15.0. The maximum absolute atomic E-state index is 6.91. The topological polar surface area (TPSA) is 48.6 Å². The highest BCUT2D eigenvalue weighted by Gasteiger charge is 2.03. The molecule has 1 aliphatic rings. The van der Waals surface area contributed by atoms with Crippen LogP contribution in [0, 0.1) is 5.41 Å². The fraction of sp³-hybridized carbons (Fsp3) is 0.222. The van der Waals surface area contributed by atoms with Gasteiger partial charge in [0.05, 0.1) is 0 Å². The van der Waals surface area contributed by atoms with Gasteiger partial charge < -0.3 is 5.41 Å². The minimum absolute atomic E-state index is 0.582. The fourth-order valence-corrected chi connectivity index (χ4v) is 0.645. The molecule has 0 saturated heterocycles. The Hall–Kier alpha value is -1.51. The lowest BCUT2D eigenvalue weighted by Crippen LogP contribution is -2.09. The van der Waals surface area contributed by atoms with Gasteiger partial charge in [0.15, 0.2) is 0 Å². The highest BCUT2D eigenvalue weighted by molar-refractivity contribution is 6.02. The Balaban J connectivity index is 2.50. The molecule has 0 fully saturated rings. The van der Waals surface area contributed by atoms with Gasteiger partial charge in [-0.25, -0.2) is 4.99 Å². The molecule has 0 amide bonds. The average Bonchev–Trinajstić information content (AvgIpc) is 2.00. The zero-order chi connectivity index (χ0) is 8.97. The summed E-state index contributed by atoms with van der Waals surface area (Å²) in [5.74, 6) is 0.855. The van der Waals surface area contributed by atoms with Gasteiger partial charge in [-0.15, -0.1) is 0 Å². The molecule has 1 N–H and O–H groups in total. The smallest absolute Gasteiger partial charge is 0.125 e. The van der Waals surface area contributed by atoms with Gasteiger partial charge >= 0.3 is 0 Å². The van der Waals surface area contributed by atoms with E-state index < -0.39 is 0 Å². The molecule has 62 valence electrons. The molecule has 0 spiro atoms. The summed E-state index contributed by atoms with van der Waals surface area (Å²) in [6.45, 7) is 8.20. The average molecular weight is 161 g/mol. The molecule has 0 saturated carbocycles. The Morgan fingerprint density at radius 1 is 1.50 bits per heavy atom. The third kappa shape index (κ3) is 1.99. The van der Waals surface area contributed by atoms with Gasteiger partial charge in [-0.2, -0.15) is 0 Å². The van der Waals surface area contributed by atoms with E-state index in [0.29, 0.717) is 11.1 Å².